The molecule has 0 aliphatic heterocycles. The van der Waals surface area contributed by atoms with Crippen molar-refractivity contribution < 1.29 is 0 Å². The van der Waals surface area contributed by atoms with Crippen LogP contribution in [-0.4, -0.2) is 23.5 Å². The van der Waals surface area contributed by atoms with Crippen LogP contribution in [0, 0.1) is 17.8 Å². The van der Waals surface area contributed by atoms with Gasteiger partial charge in [-0.3, -0.25) is 0 Å². The summed E-state index contributed by atoms with van der Waals surface area (Å²) in [6.07, 6.45) is 9.52. The first-order valence-electron chi connectivity index (χ1n) is 6.58. The van der Waals surface area contributed by atoms with Gasteiger partial charge in [-0.15, -0.1) is 0 Å². The maximum absolute atomic E-state index is 2.57. The summed E-state index contributed by atoms with van der Waals surface area (Å²) in [5.74, 6) is 4.36. The largest absolute Gasteiger partial charge is 0.244 e. The van der Waals surface area contributed by atoms with Crippen LogP contribution in [0.15, 0.2) is 0 Å². The molecule has 1 saturated carbocycles. The fraction of sp³-hybridized carbons (Fsp3) is 1.00. The third-order valence-electron chi connectivity index (χ3n) is 4.34. The Morgan fingerprint density at radius 1 is 1.20 bits per heavy atom. The first-order valence-corrected chi connectivity index (χ1v) is 9.26. The van der Waals surface area contributed by atoms with Crippen LogP contribution in [0.25, 0.3) is 0 Å². The van der Waals surface area contributed by atoms with Crippen LogP contribution >= 0.6 is 10.0 Å². The van der Waals surface area contributed by atoms with E-state index in [9.17, 15) is 0 Å². The second-order valence-corrected chi connectivity index (χ2v) is 10.6. The second kappa shape index (κ2) is 5.12. The molecular formula is C14H30S. The molecule has 0 heterocycles. The van der Waals surface area contributed by atoms with E-state index in [1.165, 1.54) is 25.0 Å². The molecule has 0 aromatic rings. The maximum atomic E-state index is 2.57. The SMILES string of the molecule is CCCS(C)(C)C1CC(C(C)C)CC1C. The monoisotopic (exact) mass is 230 g/mol. The molecular weight excluding hydrogens is 200 g/mol. The molecule has 0 bridgehead atoms. The van der Waals surface area contributed by atoms with E-state index < -0.39 is 0 Å². The van der Waals surface area contributed by atoms with E-state index in [2.05, 4.69) is 40.2 Å². The van der Waals surface area contributed by atoms with Crippen LogP contribution in [0.1, 0.15) is 47.0 Å². The minimum atomic E-state index is -0.326. The second-order valence-electron chi connectivity index (χ2n) is 6.32. The van der Waals surface area contributed by atoms with Crippen LogP contribution in [-0.2, 0) is 0 Å². The third kappa shape index (κ3) is 3.15. The number of hydrogen-bond donors (Lipinski definition) is 0. The van der Waals surface area contributed by atoms with Crippen molar-refractivity contribution in [3.05, 3.63) is 0 Å². The summed E-state index contributed by atoms with van der Waals surface area (Å²) < 4.78 is 0. The Bertz CT molecular complexity index is 196. The van der Waals surface area contributed by atoms with Gasteiger partial charge in [-0.1, -0.05) is 27.7 Å². The fourth-order valence-corrected chi connectivity index (χ4v) is 6.86. The first kappa shape index (κ1) is 13.4. The normalized spacial score (nSPS) is 33.7. The Balaban J connectivity index is 2.64. The lowest BCUT2D eigenvalue weighted by Crippen LogP contribution is -2.21. The third-order valence-corrected chi connectivity index (χ3v) is 8.09. The minimum absolute atomic E-state index is 0.326. The highest BCUT2D eigenvalue weighted by molar-refractivity contribution is 8.33. The van der Waals surface area contributed by atoms with E-state index in [4.69, 9.17) is 0 Å². The summed E-state index contributed by atoms with van der Waals surface area (Å²) in [7, 11) is -0.326. The van der Waals surface area contributed by atoms with Gasteiger partial charge < -0.3 is 0 Å². The molecule has 0 aromatic heterocycles. The van der Waals surface area contributed by atoms with Gasteiger partial charge in [0.25, 0.3) is 0 Å². The zero-order chi connectivity index (χ0) is 11.6. The van der Waals surface area contributed by atoms with E-state index in [1.807, 2.05) is 0 Å². The van der Waals surface area contributed by atoms with Crippen LogP contribution in [0.4, 0.5) is 0 Å². The van der Waals surface area contributed by atoms with Crippen molar-refractivity contribution in [2.75, 3.05) is 18.3 Å². The number of hydrogen-bond acceptors (Lipinski definition) is 0. The molecule has 3 atom stereocenters. The van der Waals surface area contributed by atoms with Crippen LogP contribution in [0.3, 0.4) is 0 Å². The Kier molecular flexibility index (Phi) is 4.58. The van der Waals surface area contributed by atoms with Crippen molar-refractivity contribution in [1.82, 2.24) is 0 Å². The van der Waals surface area contributed by atoms with Crippen LogP contribution < -0.4 is 0 Å². The topological polar surface area (TPSA) is 0 Å². The summed E-state index contributed by atoms with van der Waals surface area (Å²) in [4.78, 5) is 0. The highest BCUT2D eigenvalue weighted by Gasteiger charge is 2.38. The molecule has 1 aliphatic rings. The molecule has 1 heteroatoms. The number of rotatable bonds is 4. The van der Waals surface area contributed by atoms with Gasteiger partial charge >= 0.3 is 0 Å². The lowest BCUT2D eigenvalue weighted by molar-refractivity contribution is 0.384. The summed E-state index contributed by atoms with van der Waals surface area (Å²) in [5.41, 5.74) is 0. The zero-order valence-electron chi connectivity index (χ0n) is 11.5. The smallest absolute Gasteiger partial charge is 0.00881 e. The van der Waals surface area contributed by atoms with E-state index >= 15 is 0 Å². The summed E-state index contributed by atoms with van der Waals surface area (Å²) in [5, 5.41) is 1.05. The first-order chi connectivity index (χ1) is 6.88. The van der Waals surface area contributed by atoms with Gasteiger partial charge in [0.2, 0.25) is 0 Å². The Morgan fingerprint density at radius 2 is 1.80 bits per heavy atom. The lowest BCUT2D eigenvalue weighted by Gasteiger charge is -2.40. The average molecular weight is 230 g/mol. The molecule has 0 saturated heterocycles. The highest BCUT2D eigenvalue weighted by atomic mass is 32.3. The van der Waals surface area contributed by atoms with E-state index in [-0.39, 0.29) is 10.0 Å². The van der Waals surface area contributed by atoms with E-state index in [0.717, 1.165) is 23.0 Å². The molecule has 0 aromatic carbocycles. The van der Waals surface area contributed by atoms with Gasteiger partial charge in [0.05, 0.1) is 0 Å². The van der Waals surface area contributed by atoms with Gasteiger partial charge in [0.15, 0.2) is 0 Å². The molecule has 15 heavy (non-hydrogen) atoms. The van der Waals surface area contributed by atoms with Crippen LogP contribution in [0.5, 0.6) is 0 Å². The molecule has 0 spiro atoms. The van der Waals surface area contributed by atoms with Gasteiger partial charge in [-0.25, -0.2) is 10.0 Å². The summed E-state index contributed by atoms with van der Waals surface area (Å²) in [6, 6.07) is 0. The molecule has 0 amide bonds. The van der Waals surface area contributed by atoms with E-state index in [0.29, 0.717) is 0 Å². The minimum Gasteiger partial charge on any atom is -0.244 e. The molecule has 1 rings (SSSR count). The molecule has 0 radical (unpaired) electrons. The van der Waals surface area contributed by atoms with Gasteiger partial charge in [0, 0.05) is 0 Å². The van der Waals surface area contributed by atoms with E-state index in [1.54, 1.807) is 0 Å². The lowest BCUT2D eigenvalue weighted by atomic mass is 9.94. The Hall–Kier alpha value is 0.350. The molecule has 1 fully saturated rings. The quantitative estimate of drug-likeness (QED) is 0.665. The van der Waals surface area contributed by atoms with Crippen molar-refractivity contribution in [2.24, 2.45) is 17.8 Å². The Labute approximate surface area is 98.5 Å². The van der Waals surface area contributed by atoms with Crippen molar-refractivity contribution in [3.63, 3.8) is 0 Å². The average Bonchev–Trinajstić information content (AvgIpc) is 2.47. The van der Waals surface area contributed by atoms with Gasteiger partial charge in [0.1, 0.15) is 0 Å². The maximum Gasteiger partial charge on any atom is -0.00881 e. The summed E-state index contributed by atoms with van der Waals surface area (Å²) >= 11 is 0. The molecule has 0 nitrogen and oxygen atoms in total. The molecule has 3 unspecified atom stereocenters. The molecule has 92 valence electrons. The standard InChI is InChI=1S/C14H30S/c1-7-8-15(5,6)14-10-13(11(2)3)9-12(14)4/h11-14H,7-10H2,1-6H3. The van der Waals surface area contributed by atoms with Crippen molar-refractivity contribution in [3.8, 4) is 0 Å². The highest BCUT2D eigenvalue weighted by Crippen LogP contribution is 2.56. The van der Waals surface area contributed by atoms with Crippen molar-refractivity contribution >= 4 is 10.0 Å². The Morgan fingerprint density at radius 3 is 2.20 bits per heavy atom. The predicted octanol–water partition coefficient (Wildman–Crippen LogP) is 4.53. The van der Waals surface area contributed by atoms with Gasteiger partial charge in [-0.05, 0) is 60.5 Å². The molecule has 1 aliphatic carbocycles. The van der Waals surface area contributed by atoms with Crippen molar-refractivity contribution in [1.29, 1.82) is 0 Å². The summed E-state index contributed by atoms with van der Waals surface area (Å²) in [6.45, 7) is 9.65. The molecule has 0 N–H and O–H groups in total. The fourth-order valence-electron chi connectivity index (χ4n) is 3.37. The predicted molar refractivity (Wildman–Crippen MR) is 75.1 cm³/mol. The van der Waals surface area contributed by atoms with Gasteiger partial charge in [-0.2, -0.15) is 0 Å². The zero-order valence-corrected chi connectivity index (χ0v) is 12.4. The van der Waals surface area contributed by atoms with Crippen molar-refractivity contribution in [2.45, 2.75) is 52.2 Å². The van der Waals surface area contributed by atoms with Crippen LogP contribution in [0.2, 0.25) is 0 Å².